The van der Waals surface area contributed by atoms with Crippen molar-refractivity contribution >= 4 is 53.7 Å². The molecule has 1 N–H and O–H groups in total. The van der Waals surface area contributed by atoms with Crippen molar-refractivity contribution in [3.63, 3.8) is 0 Å². The summed E-state index contributed by atoms with van der Waals surface area (Å²) < 4.78 is 31.8. The molecule has 0 radical (unpaired) electrons. The van der Waals surface area contributed by atoms with Gasteiger partial charge in [0.25, 0.3) is 0 Å². The molecule has 0 aliphatic rings. The van der Waals surface area contributed by atoms with Gasteiger partial charge >= 0.3 is 0 Å². The van der Waals surface area contributed by atoms with E-state index in [2.05, 4.69) is 15.3 Å². The Morgan fingerprint density at radius 1 is 1.03 bits per heavy atom. The summed E-state index contributed by atoms with van der Waals surface area (Å²) >= 11 is 1.59. The molecule has 0 saturated heterocycles. The van der Waals surface area contributed by atoms with Gasteiger partial charge in [0.1, 0.15) is 10.6 Å². The number of anilines is 2. The minimum absolute atomic E-state index is 0.158. The topological polar surface area (TPSA) is 81.2 Å². The van der Waals surface area contributed by atoms with E-state index in [1.807, 2.05) is 29.8 Å². The van der Waals surface area contributed by atoms with Gasteiger partial charge in [-0.2, -0.15) is 0 Å². The van der Waals surface area contributed by atoms with Crippen LogP contribution in [0.2, 0.25) is 0 Å². The molecule has 0 aliphatic heterocycles. The highest BCUT2D eigenvalue weighted by molar-refractivity contribution is 7.92. The lowest BCUT2D eigenvalue weighted by molar-refractivity contribution is 0.402. The molecule has 0 amide bonds. The SMILES string of the molecule is COc1cc2nccc(Nc3ccc4scnc4c3)c2cc1S(=O)(=O)C(C)(C)C. The molecule has 0 spiro atoms. The van der Waals surface area contributed by atoms with Crippen molar-refractivity contribution in [1.29, 1.82) is 0 Å². The number of benzene rings is 2. The molecule has 6 nitrogen and oxygen atoms in total. The summed E-state index contributed by atoms with van der Waals surface area (Å²) in [6.07, 6.45) is 1.68. The number of nitrogens with zero attached hydrogens (tertiary/aromatic N) is 2. The predicted molar refractivity (Wildman–Crippen MR) is 118 cm³/mol. The van der Waals surface area contributed by atoms with Crippen LogP contribution in [0.3, 0.4) is 0 Å². The molecular weight excluding hydrogens is 406 g/mol. The zero-order valence-corrected chi connectivity index (χ0v) is 18.2. The summed E-state index contributed by atoms with van der Waals surface area (Å²) in [5.41, 5.74) is 5.00. The molecule has 0 saturated carbocycles. The normalized spacial score (nSPS) is 12.4. The Hall–Kier alpha value is -2.71. The second-order valence-corrected chi connectivity index (χ2v) is 11.2. The van der Waals surface area contributed by atoms with Crippen LogP contribution in [-0.4, -0.2) is 30.2 Å². The summed E-state index contributed by atoms with van der Waals surface area (Å²) in [6, 6.07) is 11.1. The highest BCUT2D eigenvalue weighted by Gasteiger charge is 2.34. The van der Waals surface area contributed by atoms with Crippen LogP contribution < -0.4 is 10.1 Å². The molecule has 0 atom stereocenters. The third-order valence-corrected chi connectivity index (χ3v) is 8.05. The van der Waals surface area contributed by atoms with Gasteiger partial charge in [-0.1, -0.05) is 0 Å². The number of ether oxygens (including phenoxy) is 1. The molecule has 150 valence electrons. The van der Waals surface area contributed by atoms with Gasteiger partial charge in [-0.05, 0) is 51.1 Å². The van der Waals surface area contributed by atoms with E-state index < -0.39 is 14.6 Å². The Labute approximate surface area is 173 Å². The number of aromatic nitrogens is 2. The summed E-state index contributed by atoms with van der Waals surface area (Å²) in [4.78, 5) is 8.90. The first-order chi connectivity index (χ1) is 13.7. The van der Waals surface area contributed by atoms with Crippen LogP contribution in [0.4, 0.5) is 11.4 Å². The lowest BCUT2D eigenvalue weighted by atomic mass is 10.1. The Kier molecular flexibility index (Phi) is 4.71. The monoisotopic (exact) mass is 427 g/mol. The molecule has 0 aliphatic carbocycles. The second kappa shape index (κ2) is 6.96. The quantitative estimate of drug-likeness (QED) is 0.484. The molecule has 29 heavy (non-hydrogen) atoms. The molecule has 8 heteroatoms. The maximum Gasteiger partial charge on any atom is 0.186 e. The van der Waals surface area contributed by atoms with Gasteiger partial charge in [0.05, 0.1) is 33.1 Å². The predicted octanol–water partition coefficient (Wildman–Crippen LogP) is 5.17. The third-order valence-electron chi connectivity index (χ3n) is 4.73. The van der Waals surface area contributed by atoms with Crippen molar-refractivity contribution < 1.29 is 13.2 Å². The van der Waals surface area contributed by atoms with E-state index in [0.717, 1.165) is 21.6 Å². The van der Waals surface area contributed by atoms with Crippen molar-refractivity contribution in [1.82, 2.24) is 9.97 Å². The molecule has 4 rings (SSSR count). The lowest BCUT2D eigenvalue weighted by Gasteiger charge is -2.21. The van der Waals surface area contributed by atoms with Crippen LogP contribution in [-0.2, 0) is 9.84 Å². The van der Waals surface area contributed by atoms with Crippen LogP contribution in [0.15, 0.2) is 53.0 Å². The van der Waals surface area contributed by atoms with E-state index in [-0.39, 0.29) is 4.90 Å². The van der Waals surface area contributed by atoms with Crippen molar-refractivity contribution in [3.05, 3.63) is 48.1 Å². The average molecular weight is 428 g/mol. The van der Waals surface area contributed by atoms with Crippen LogP contribution in [0.1, 0.15) is 20.8 Å². The van der Waals surface area contributed by atoms with E-state index in [4.69, 9.17) is 4.74 Å². The van der Waals surface area contributed by atoms with Gasteiger partial charge in [-0.15, -0.1) is 11.3 Å². The lowest BCUT2D eigenvalue weighted by Crippen LogP contribution is -2.28. The van der Waals surface area contributed by atoms with Gasteiger partial charge in [-0.3, -0.25) is 4.98 Å². The van der Waals surface area contributed by atoms with Crippen LogP contribution >= 0.6 is 11.3 Å². The number of pyridine rings is 1. The number of thiazole rings is 1. The van der Waals surface area contributed by atoms with Crippen molar-refractivity contribution in [2.75, 3.05) is 12.4 Å². The minimum atomic E-state index is -3.61. The Bertz CT molecular complexity index is 1320. The van der Waals surface area contributed by atoms with Crippen LogP contribution in [0.5, 0.6) is 5.75 Å². The third kappa shape index (κ3) is 3.42. The zero-order chi connectivity index (χ0) is 20.8. The van der Waals surface area contributed by atoms with Gasteiger partial charge in [0.2, 0.25) is 0 Å². The van der Waals surface area contributed by atoms with E-state index in [1.165, 1.54) is 7.11 Å². The van der Waals surface area contributed by atoms with E-state index in [0.29, 0.717) is 16.7 Å². The van der Waals surface area contributed by atoms with E-state index in [1.54, 1.807) is 50.4 Å². The molecule has 2 heterocycles. The number of nitrogens with one attached hydrogen (secondary N) is 1. The molecule has 2 aromatic carbocycles. The average Bonchev–Trinajstić information content (AvgIpc) is 3.14. The molecule has 0 fully saturated rings. The largest absolute Gasteiger partial charge is 0.495 e. The second-order valence-electron chi connectivity index (χ2n) is 7.65. The smallest absolute Gasteiger partial charge is 0.186 e. The van der Waals surface area contributed by atoms with Gasteiger partial charge in [0, 0.05) is 29.0 Å². The minimum Gasteiger partial charge on any atom is -0.495 e. The van der Waals surface area contributed by atoms with Crippen molar-refractivity contribution in [2.45, 2.75) is 30.4 Å². The maximum atomic E-state index is 13.1. The molecule has 4 aromatic rings. The fourth-order valence-electron chi connectivity index (χ4n) is 3.05. The summed E-state index contributed by atoms with van der Waals surface area (Å²) in [5, 5.41) is 4.08. The van der Waals surface area contributed by atoms with E-state index >= 15 is 0 Å². The zero-order valence-electron chi connectivity index (χ0n) is 16.6. The van der Waals surface area contributed by atoms with Crippen LogP contribution in [0, 0.1) is 0 Å². The highest BCUT2D eigenvalue weighted by Crippen LogP contribution is 2.37. The molecular formula is C21H21N3O3S2. The summed E-state index contributed by atoms with van der Waals surface area (Å²) in [7, 11) is -2.14. The molecule has 0 bridgehead atoms. The number of methoxy groups -OCH3 is 1. The number of fused-ring (bicyclic) bond motifs is 2. The number of sulfone groups is 1. The molecule has 0 unspecified atom stereocenters. The fourth-order valence-corrected chi connectivity index (χ4v) is 5.05. The fraction of sp³-hybridized carbons (Fsp3) is 0.238. The first-order valence-corrected chi connectivity index (χ1v) is 11.4. The first-order valence-electron chi connectivity index (χ1n) is 9.02. The van der Waals surface area contributed by atoms with Crippen molar-refractivity contribution in [2.24, 2.45) is 0 Å². The van der Waals surface area contributed by atoms with Gasteiger partial charge < -0.3 is 10.1 Å². The first kappa shape index (κ1) is 19.6. The Morgan fingerprint density at radius 2 is 1.83 bits per heavy atom. The Balaban J connectivity index is 1.88. The highest BCUT2D eigenvalue weighted by atomic mass is 32.2. The number of hydrogen-bond acceptors (Lipinski definition) is 7. The Morgan fingerprint density at radius 3 is 2.55 bits per heavy atom. The maximum absolute atomic E-state index is 13.1. The van der Waals surface area contributed by atoms with Crippen LogP contribution in [0.25, 0.3) is 21.1 Å². The number of hydrogen-bond donors (Lipinski definition) is 1. The summed E-state index contributed by atoms with van der Waals surface area (Å²) in [5.74, 6) is 0.293. The number of rotatable bonds is 4. The standard InChI is InChI=1S/C21H21N3O3S2/c1-21(2,3)29(25,26)20-10-14-15(7-8-22-16(14)11-18(20)27-4)24-13-5-6-19-17(9-13)23-12-28-19/h5-12H,1-4H3,(H,22,24). The molecule has 2 aromatic heterocycles. The summed E-state index contributed by atoms with van der Waals surface area (Å²) in [6.45, 7) is 5.03. The van der Waals surface area contributed by atoms with Gasteiger partial charge in [0.15, 0.2) is 9.84 Å². The van der Waals surface area contributed by atoms with Gasteiger partial charge in [-0.25, -0.2) is 13.4 Å². The van der Waals surface area contributed by atoms with E-state index in [9.17, 15) is 8.42 Å². The van der Waals surface area contributed by atoms with Crippen molar-refractivity contribution in [3.8, 4) is 5.75 Å².